The minimum absolute atomic E-state index is 0.222. The number of hydrogen-bond acceptors (Lipinski definition) is 5. The number of imide groups is 1. The van der Waals surface area contributed by atoms with Crippen LogP contribution in [0.5, 0.6) is 5.75 Å². The molecule has 0 aliphatic carbocycles. The van der Waals surface area contributed by atoms with Gasteiger partial charge in [0.2, 0.25) is 5.91 Å². The Labute approximate surface area is 241 Å². The summed E-state index contributed by atoms with van der Waals surface area (Å²) >= 11 is 17.3. The molecule has 36 heavy (non-hydrogen) atoms. The SMILES string of the molecule is O=C(CN1C(=O)S/C(=C/c2cc(Br)c(OCc3ccccc3Cl)c(Br)c2)C1=O)Nc1ccc(Br)cc1. The molecule has 0 radical (unpaired) electrons. The van der Waals surface area contributed by atoms with Crippen LogP contribution < -0.4 is 10.1 Å². The van der Waals surface area contributed by atoms with E-state index in [4.69, 9.17) is 16.3 Å². The second-order valence-corrected chi connectivity index (χ2v) is 11.5. The fraction of sp³-hybridized carbons (Fsp3) is 0.0800. The van der Waals surface area contributed by atoms with Crippen molar-refractivity contribution >= 4 is 100.0 Å². The van der Waals surface area contributed by atoms with E-state index >= 15 is 0 Å². The molecule has 1 aliphatic rings. The van der Waals surface area contributed by atoms with Crippen LogP contribution in [0.25, 0.3) is 6.08 Å². The van der Waals surface area contributed by atoms with Crippen molar-refractivity contribution in [3.63, 3.8) is 0 Å². The summed E-state index contributed by atoms with van der Waals surface area (Å²) < 4.78 is 8.12. The van der Waals surface area contributed by atoms with Gasteiger partial charge in [0, 0.05) is 20.7 Å². The zero-order valence-corrected chi connectivity index (χ0v) is 24.6. The fourth-order valence-electron chi connectivity index (χ4n) is 3.23. The Morgan fingerprint density at radius 2 is 1.69 bits per heavy atom. The third kappa shape index (κ3) is 6.60. The van der Waals surface area contributed by atoms with Crippen LogP contribution in [0.15, 0.2) is 79.0 Å². The van der Waals surface area contributed by atoms with Crippen LogP contribution >= 0.6 is 71.2 Å². The summed E-state index contributed by atoms with van der Waals surface area (Å²) in [6.45, 7) is -0.0995. The molecule has 4 rings (SSSR count). The highest BCUT2D eigenvalue weighted by molar-refractivity contribution is 9.11. The van der Waals surface area contributed by atoms with Gasteiger partial charge < -0.3 is 10.1 Å². The second kappa shape index (κ2) is 12.0. The molecule has 3 aromatic carbocycles. The summed E-state index contributed by atoms with van der Waals surface area (Å²) in [5.41, 5.74) is 2.08. The molecule has 3 aromatic rings. The van der Waals surface area contributed by atoms with Crippen molar-refractivity contribution in [2.75, 3.05) is 11.9 Å². The Morgan fingerprint density at radius 3 is 2.36 bits per heavy atom. The highest BCUT2D eigenvalue weighted by Gasteiger charge is 2.36. The van der Waals surface area contributed by atoms with Gasteiger partial charge in [0.15, 0.2) is 0 Å². The lowest BCUT2D eigenvalue weighted by atomic mass is 10.2. The van der Waals surface area contributed by atoms with Crippen LogP contribution in [-0.4, -0.2) is 28.5 Å². The molecular formula is C25H16Br3ClN2O4S. The molecule has 1 aliphatic heterocycles. The number of ether oxygens (including phenoxy) is 1. The Hall–Kier alpha value is -2.11. The predicted octanol–water partition coefficient (Wildman–Crippen LogP) is 7.88. The maximum absolute atomic E-state index is 12.9. The average Bonchev–Trinajstić information content (AvgIpc) is 3.08. The van der Waals surface area contributed by atoms with Crippen LogP contribution in [0.2, 0.25) is 5.02 Å². The van der Waals surface area contributed by atoms with Gasteiger partial charge in [-0.2, -0.15) is 0 Å². The van der Waals surface area contributed by atoms with Gasteiger partial charge in [-0.25, -0.2) is 0 Å². The van der Waals surface area contributed by atoms with E-state index in [0.29, 0.717) is 31.0 Å². The summed E-state index contributed by atoms with van der Waals surface area (Å²) in [6, 6.07) is 18.0. The van der Waals surface area contributed by atoms with Crippen molar-refractivity contribution in [1.82, 2.24) is 4.90 Å². The zero-order valence-electron chi connectivity index (χ0n) is 18.3. The minimum atomic E-state index is -0.526. The van der Waals surface area contributed by atoms with E-state index in [9.17, 15) is 14.4 Å². The van der Waals surface area contributed by atoms with Gasteiger partial charge in [-0.05, 0) is 97.7 Å². The Morgan fingerprint density at radius 1 is 1.03 bits per heavy atom. The van der Waals surface area contributed by atoms with Crippen LogP contribution in [0.1, 0.15) is 11.1 Å². The van der Waals surface area contributed by atoms with Crippen LogP contribution in [0, 0.1) is 0 Å². The first-order valence-electron chi connectivity index (χ1n) is 10.4. The lowest BCUT2D eigenvalue weighted by molar-refractivity contribution is -0.127. The van der Waals surface area contributed by atoms with Crippen molar-refractivity contribution < 1.29 is 19.1 Å². The predicted molar refractivity (Wildman–Crippen MR) is 153 cm³/mol. The molecule has 0 unspecified atom stereocenters. The molecule has 6 nitrogen and oxygen atoms in total. The summed E-state index contributed by atoms with van der Waals surface area (Å²) in [4.78, 5) is 38.8. The number of nitrogens with one attached hydrogen (secondary N) is 1. The van der Waals surface area contributed by atoms with Gasteiger partial charge in [-0.3, -0.25) is 19.3 Å². The van der Waals surface area contributed by atoms with Crippen molar-refractivity contribution in [2.24, 2.45) is 0 Å². The standard InChI is InChI=1S/C25H16Br3ClN2O4S/c26-16-5-7-17(8-6-16)30-22(32)12-31-24(33)21(36-25(31)34)11-14-9-18(27)23(19(28)10-14)35-13-15-3-1-2-4-20(15)29/h1-11H,12-13H2,(H,30,32)/b21-11+. The maximum atomic E-state index is 12.9. The lowest BCUT2D eigenvalue weighted by Crippen LogP contribution is -2.36. The number of thioether (sulfide) groups is 1. The number of carbonyl (C=O) groups is 3. The lowest BCUT2D eigenvalue weighted by Gasteiger charge is -2.13. The Bertz CT molecular complexity index is 1360. The zero-order chi connectivity index (χ0) is 25.8. The number of benzene rings is 3. The molecule has 0 aromatic heterocycles. The summed E-state index contributed by atoms with van der Waals surface area (Å²) in [5.74, 6) is -0.418. The summed E-state index contributed by atoms with van der Waals surface area (Å²) in [6.07, 6.45) is 1.60. The highest BCUT2D eigenvalue weighted by Crippen LogP contribution is 2.38. The number of carbonyl (C=O) groups excluding carboxylic acids is 3. The normalized spacial score (nSPS) is 14.4. The van der Waals surface area contributed by atoms with Gasteiger partial charge >= 0.3 is 0 Å². The van der Waals surface area contributed by atoms with Crippen LogP contribution in [0.4, 0.5) is 10.5 Å². The number of amides is 3. The Kier molecular flexibility index (Phi) is 8.95. The molecule has 0 atom stereocenters. The molecule has 3 amide bonds. The molecule has 0 bridgehead atoms. The summed E-state index contributed by atoms with van der Waals surface area (Å²) in [7, 11) is 0. The van der Waals surface area contributed by atoms with Gasteiger partial charge in [-0.15, -0.1) is 0 Å². The Balaban J connectivity index is 1.44. The third-order valence-corrected chi connectivity index (χ3v) is 7.93. The van der Waals surface area contributed by atoms with Crippen molar-refractivity contribution in [3.8, 4) is 5.75 Å². The second-order valence-electron chi connectivity index (χ2n) is 7.52. The molecule has 1 heterocycles. The van der Waals surface area contributed by atoms with Crippen molar-refractivity contribution in [1.29, 1.82) is 0 Å². The molecule has 11 heteroatoms. The van der Waals surface area contributed by atoms with Gasteiger partial charge in [0.1, 0.15) is 18.9 Å². The monoisotopic (exact) mass is 712 g/mol. The quantitative estimate of drug-likeness (QED) is 0.252. The van der Waals surface area contributed by atoms with E-state index < -0.39 is 17.1 Å². The van der Waals surface area contributed by atoms with E-state index in [0.717, 1.165) is 26.7 Å². The molecule has 0 saturated carbocycles. The van der Waals surface area contributed by atoms with Gasteiger partial charge in [0.25, 0.3) is 11.1 Å². The molecule has 184 valence electrons. The molecule has 1 N–H and O–H groups in total. The van der Waals surface area contributed by atoms with Crippen molar-refractivity contribution in [3.05, 3.63) is 95.1 Å². The molecule has 1 fully saturated rings. The first-order chi connectivity index (χ1) is 17.2. The maximum Gasteiger partial charge on any atom is 0.294 e. The van der Waals surface area contributed by atoms with E-state index in [1.165, 1.54) is 0 Å². The number of halogens is 4. The largest absolute Gasteiger partial charge is 0.486 e. The average molecular weight is 716 g/mol. The first-order valence-corrected chi connectivity index (χ1v) is 13.9. The van der Waals surface area contributed by atoms with E-state index in [1.54, 1.807) is 48.5 Å². The third-order valence-electron chi connectivity index (χ3n) is 4.95. The van der Waals surface area contributed by atoms with Crippen LogP contribution in [0.3, 0.4) is 0 Å². The molecule has 0 spiro atoms. The van der Waals surface area contributed by atoms with Crippen molar-refractivity contribution in [2.45, 2.75) is 6.61 Å². The van der Waals surface area contributed by atoms with Crippen LogP contribution in [-0.2, 0) is 16.2 Å². The molecular weight excluding hydrogens is 700 g/mol. The van der Waals surface area contributed by atoms with Gasteiger partial charge in [-0.1, -0.05) is 45.7 Å². The highest BCUT2D eigenvalue weighted by atomic mass is 79.9. The number of rotatable bonds is 7. The summed E-state index contributed by atoms with van der Waals surface area (Å²) in [5, 5.41) is 2.79. The van der Waals surface area contributed by atoms with E-state index in [-0.39, 0.29) is 18.1 Å². The van der Waals surface area contributed by atoms with E-state index in [1.807, 2.05) is 18.2 Å². The number of anilines is 1. The minimum Gasteiger partial charge on any atom is -0.486 e. The number of hydrogen-bond donors (Lipinski definition) is 1. The topological polar surface area (TPSA) is 75.7 Å². The van der Waals surface area contributed by atoms with Gasteiger partial charge in [0.05, 0.1) is 13.9 Å². The molecule has 1 saturated heterocycles. The van der Waals surface area contributed by atoms with E-state index in [2.05, 4.69) is 53.1 Å². The first kappa shape index (κ1) is 26.9. The fourth-order valence-corrected chi connectivity index (χ4v) is 5.97. The smallest absolute Gasteiger partial charge is 0.294 e. The number of nitrogens with zero attached hydrogens (tertiary/aromatic N) is 1.